The number of sulfonamides is 1. The molecule has 2 aromatic rings. The van der Waals surface area contributed by atoms with Gasteiger partial charge in [-0.3, -0.25) is 4.79 Å². The summed E-state index contributed by atoms with van der Waals surface area (Å²) in [7, 11) is -3.58. The number of nitrogens with one attached hydrogen (secondary N) is 1. The second-order valence-corrected chi connectivity index (χ2v) is 6.47. The van der Waals surface area contributed by atoms with Crippen LogP contribution in [0.25, 0.3) is 0 Å². The molecule has 0 saturated carbocycles. The standard InChI is InChI=1S/C14H12ClNO4S/c1-21(18,19)16-14(17)10-5-7-12(8-6-10)20-13-4-2-3-11(15)9-13/h2-9H,1H3,(H,16,17). The van der Waals surface area contributed by atoms with Crippen LogP contribution in [0.2, 0.25) is 5.02 Å². The first kappa shape index (κ1) is 15.3. The van der Waals surface area contributed by atoms with Gasteiger partial charge in [0.15, 0.2) is 0 Å². The molecule has 7 heteroatoms. The van der Waals surface area contributed by atoms with E-state index in [1.54, 1.807) is 36.4 Å². The molecular formula is C14H12ClNO4S. The molecule has 0 bridgehead atoms. The summed E-state index contributed by atoms with van der Waals surface area (Å²) in [6, 6.07) is 13.0. The molecule has 5 nitrogen and oxygen atoms in total. The maximum absolute atomic E-state index is 11.6. The Bertz CT molecular complexity index is 757. The van der Waals surface area contributed by atoms with Crippen LogP contribution in [0, 0.1) is 0 Å². The molecule has 0 aromatic heterocycles. The topological polar surface area (TPSA) is 72.5 Å². The zero-order chi connectivity index (χ0) is 15.5. The minimum Gasteiger partial charge on any atom is -0.457 e. The van der Waals surface area contributed by atoms with E-state index in [1.807, 2.05) is 4.72 Å². The molecule has 2 rings (SSSR count). The molecular weight excluding hydrogens is 314 g/mol. The predicted molar refractivity (Wildman–Crippen MR) is 80.3 cm³/mol. The number of amides is 1. The summed E-state index contributed by atoms with van der Waals surface area (Å²) in [6.45, 7) is 0. The average molecular weight is 326 g/mol. The van der Waals surface area contributed by atoms with E-state index in [1.165, 1.54) is 12.1 Å². The van der Waals surface area contributed by atoms with Gasteiger partial charge in [-0.2, -0.15) is 0 Å². The molecule has 0 fully saturated rings. The number of carbonyl (C=O) groups is 1. The number of benzene rings is 2. The van der Waals surface area contributed by atoms with Crippen molar-refractivity contribution >= 4 is 27.5 Å². The van der Waals surface area contributed by atoms with E-state index in [9.17, 15) is 13.2 Å². The lowest BCUT2D eigenvalue weighted by atomic mass is 10.2. The third-order valence-electron chi connectivity index (χ3n) is 2.43. The second kappa shape index (κ2) is 6.15. The van der Waals surface area contributed by atoms with Crippen LogP contribution < -0.4 is 9.46 Å². The Morgan fingerprint density at radius 3 is 2.33 bits per heavy atom. The van der Waals surface area contributed by atoms with Crippen LogP contribution in [0.4, 0.5) is 0 Å². The van der Waals surface area contributed by atoms with Crippen molar-refractivity contribution in [1.82, 2.24) is 4.72 Å². The monoisotopic (exact) mass is 325 g/mol. The smallest absolute Gasteiger partial charge is 0.264 e. The van der Waals surface area contributed by atoms with Gasteiger partial charge in [0.05, 0.1) is 6.26 Å². The molecule has 0 heterocycles. The van der Waals surface area contributed by atoms with Crippen LogP contribution in [0.5, 0.6) is 11.5 Å². The molecule has 0 unspecified atom stereocenters. The SMILES string of the molecule is CS(=O)(=O)NC(=O)c1ccc(Oc2cccc(Cl)c2)cc1. The van der Waals surface area contributed by atoms with Gasteiger partial charge in [-0.25, -0.2) is 13.1 Å². The van der Waals surface area contributed by atoms with E-state index in [0.717, 1.165) is 6.26 Å². The largest absolute Gasteiger partial charge is 0.457 e. The summed E-state index contributed by atoms with van der Waals surface area (Å²) in [5.41, 5.74) is 0.221. The first-order valence-electron chi connectivity index (χ1n) is 5.89. The van der Waals surface area contributed by atoms with Gasteiger partial charge in [0, 0.05) is 10.6 Å². The second-order valence-electron chi connectivity index (χ2n) is 4.29. The summed E-state index contributed by atoms with van der Waals surface area (Å²) in [6.07, 6.45) is 0.918. The van der Waals surface area contributed by atoms with Gasteiger partial charge >= 0.3 is 0 Å². The molecule has 0 radical (unpaired) electrons. The van der Waals surface area contributed by atoms with Crippen LogP contribution in [0.1, 0.15) is 10.4 Å². The van der Waals surface area contributed by atoms with Crippen LogP contribution >= 0.6 is 11.6 Å². The number of rotatable bonds is 4. The molecule has 0 aliphatic heterocycles. The molecule has 0 spiro atoms. The van der Waals surface area contributed by atoms with Crippen LogP contribution in [0.15, 0.2) is 48.5 Å². The van der Waals surface area contributed by atoms with Gasteiger partial charge in [-0.05, 0) is 42.5 Å². The highest BCUT2D eigenvalue weighted by atomic mass is 35.5. The van der Waals surface area contributed by atoms with Gasteiger partial charge in [-0.1, -0.05) is 17.7 Å². The fourth-order valence-corrected chi connectivity index (χ4v) is 2.20. The van der Waals surface area contributed by atoms with Gasteiger partial charge in [-0.15, -0.1) is 0 Å². The molecule has 0 aliphatic carbocycles. The average Bonchev–Trinajstić information content (AvgIpc) is 2.37. The zero-order valence-electron chi connectivity index (χ0n) is 11.0. The summed E-state index contributed by atoms with van der Waals surface area (Å²) in [5.74, 6) is 0.385. The highest BCUT2D eigenvalue weighted by molar-refractivity contribution is 7.89. The van der Waals surface area contributed by atoms with Crippen molar-refractivity contribution in [2.24, 2.45) is 0 Å². The van der Waals surface area contributed by atoms with Crippen LogP contribution in [0.3, 0.4) is 0 Å². The molecule has 2 aromatic carbocycles. The van der Waals surface area contributed by atoms with Crippen molar-refractivity contribution in [3.8, 4) is 11.5 Å². The van der Waals surface area contributed by atoms with Crippen molar-refractivity contribution < 1.29 is 17.9 Å². The first-order chi connectivity index (χ1) is 9.83. The highest BCUT2D eigenvalue weighted by Crippen LogP contribution is 2.24. The third kappa shape index (κ3) is 4.77. The fourth-order valence-electron chi connectivity index (χ4n) is 1.57. The number of ether oxygens (including phenoxy) is 1. The zero-order valence-corrected chi connectivity index (χ0v) is 12.6. The van der Waals surface area contributed by atoms with Gasteiger partial charge < -0.3 is 4.74 Å². The maximum Gasteiger partial charge on any atom is 0.264 e. The number of hydrogen-bond acceptors (Lipinski definition) is 4. The molecule has 110 valence electrons. The lowest BCUT2D eigenvalue weighted by Gasteiger charge is -2.07. The normalized spacial score (nSPS) is 11.0. The number of hydrogen-bond donors (Lipinski definition) is 1. The molecule has 0 saturated heterocycles. The van der Waals surface area contributed by atoms with Crippen molar-refractivity contribution in [2.45, 2.75) is 0 Å². The summed E-state index contributed by atoms with van der Waals surface area (Å²) in [5, 5.41) is 0.552. The van der Waals surface area contributed by atoms with E-state index in [2.05, 4.69) is 0 Å². The van der Waals surface area contributed by atoms with Crippen LogP contribution in [-0.2, 0) is 10.0 Å². The Morgan fingerprint density at radius 2 is 1.76 bits per heavy atom. The van der Waals surface area contributed by atoms with Crippen molar-refractivity contribution in [1.29, 1.82) is 0 Å². The molecule has 21 heavy (non-hydrogen) atoms. The van der Waals surface area contributed by atoms with E-state index >= 15 is 0 Å². The molecule has 0 aliphatic rings. The lowest BCUT2D eigenvalue weighted by Crippen LogP contribution is -2.29. The summed E-state index contributed by atoms with van der Waals surface area (Å²) < 4.78 is 29.4. The molecule has 0 atom stereocenters. The molecule has 1 N–H and O–H groups in total. The van der Waals surface area contributed by atoms with Crippen molar-refractivity contribution in [3.05, 3.63) is 59.1 Å². The Labute approximate surface area is 127 Å². The van der Waals surface area contributed by atoms with Crippen molar-refractivity contribution in [2.75, 3.05) is 6.26 Å². The van der Waals surface area contributed by atoms with E-state index in [-0.39, 0.29) is 5.56 Å². The fraction of sp³-hybridized carbons (Fsp3) is 0.0714. The Kier molecular flexibility index (Phi) is 4.50. The lowest BCUT2D eigenvalue weighted by molar-refractivity contribution is 0.0981. The minimum atomic E-state index is -3.58. The van der Waals surface area contributed by atoms with Gasteiger partial charge in [0.25, 0.3) is 5.91 Å². The predicted octanol–water partition coefficient (Wildman–Crippen LogP) is 2.82. The summed E-state index contributed by atoms with van der Waals surface area (Å²) in [4.78, 5) is 11.6. The van der Waals surface area contributed by atoms with E-state index in [4.69, 9.17) is 16.3 Å². The van der Waals surface area contributed by atoms with Gasteiger partial charge in [0.1, 0.15) is 11.5 Å². The maximum atomic E-state index is 11.6. The van der Waals surface area contributed by atoms with Crippen LogP contribution in [-0.4, -0.2) is 20.6 Å². The van der Waals surface area contributed by atoms with Gasteiger partial charge in [0.2, 0.25) is 10.0 Å². The van der Waals surface area contributed by atoms with E-state index < -0.39 is 15.9 Å². The molecule has 1 amide bonds. The Morgan fingerprint density at radius 1 is 1.10 bits per heavy atom. The van der Waals surface area contributed by atoms with E-state index in [0.29, 0.717) is 16.5 Å². The van der Waals surface area contributed by atoms with Crippen molar-refractivity contribution in [3.63, 3.8) is 0 Å². The quantitative estimate of drug-likeness (QED) is 0.938. The third-order valence-corrected chi connectivity index (χ3v) is 3.22. The number of carbonyl (C=O) groups excluding carboxylic acids is 1. The summed E-state index contributed by atoms with van der Waals surface area (Å²) >= 11 is 5.85. The Balaban J connectivity index is 2.10. The highest BCUT2D eigenvalue weighted by Gasteiger charge is 2.11. The number of halogens is 1. The first-order valence-corrected chi connectivity index (χ1v) is 8.16. The Hall–Kier alpha value is -2.05. The minimum absolute atomic E-state index is 0.221.